The highest BCUT2D eigenvalue weighted by molar-refractivity contribution is 5.95. The van der Waals surface area contributed by atoms with E-state index in [1.54, 1.807) is 12.1 Å². The zero-order valence-corrected chi connectivity index (χ0v) is 15.9. The largest absolute Gasteiger partial charge is 0.478 e. The van der Waals surface area contributed by atoms with Gasteiger partial charge in [-0.3, -0.25) is 14.6 Å². The summed E-state index contributed by atoms with van der Waals surface area (Å²) in [4.78, 5) is 38.1. The second-order valence-corrected chi connectivity index (χ2v) is 6.38. The van der Waals surface area contributed by atoms with Crippen LogP contribution < -0.4 is 15.8 Å². The van der Waals surface area contributed by atoms with Gasteiger partial charge in [-0.25, -0.2) is 4.79 Å². The fourth-order valence-electron chi connectivity index (χ4n) is 2.70. The summed E-state index contributed by atoms with van der Waals surface area (Å²) in [5.41, 5.74) is 6.80. The predicted molar refractivity (Wildman–Crippen MR) is 109 cm³/mol. The maximum Gasteiger partial charge on any atom is 0.335 e. The van der Waals surface area contributed by atoms with Gasteiger partial charge in [0.15, 0.2) is 0 Å². The van der Waals surface area contributed by atoms with E-state index in [1.165, 1.54) is 36.5 Å². The number of amides is 2. The van der Waals surface area contributed by atoms with Crippen LogP contribution in [-0.4, -0.2) is 34.4 Å². The normalized spacial score (nSPS) is 10.3. The molecule has 0 spiro atoms. The molecule has 0 aliphatic rings. The first-order valence-electron chi connectivity index (χ1n) is 9.06. The van der Waals surface area contributed by atoms with Crippen LogP contribution in [0.5, 0.6) is 11.5 Å². The third-order valence-electron chi connectivity index (χ3n) is 4.21. The average Bonchev–Trinajstić information content (AvgIpc) is 2.74. The molecule has 3 rings (SSSR count). The van der Waals surface area contributed by atoms with Crippen LogP contribution in [-0.2, 0) is 6.42 Å². The van der Waals surface area contributed by atoms with E-state index in [0.29, 0.717) is 30.0 Å². The first kappa shape index (κ1) is 20.5. The van der Waals surface area contributed by atoms with Gasteiger partial charge in [0.05, 0.1) is 5.56 Å². The van der Waals surface area contributed by atoms with Crippen LogP contribution in [0.2, 0.25) is 0 Å². The van der Waals surface area contributed by atoms with Gasteiger partial charge in [-0.05, 0) is 54.4 Å². The zero-order valence-electron chi connectivity index (χ0n) is 15.9. The Hall–Kier alpha value is -4.20. The molecular weight excluding hydrogens is 386 g/mol. The van der Waals surface area contributed by atoms with Crippen LogP contribution in [0.4, 0.5) is 0 Å². The van der Waals surface area contributed by atoms with Gasteiger partial charge in [-0.1, -0.05) is 12.1 Å². The Morgan fingerprint density at radius 1 is 0.967 bits per heavy atom. The van der Waals surface area contributed by atoms with Gasteiger partial charge in [0.2, 0.25) is 0 Å². The molecule has 1 heterocycles. The molecule has 8 heteroatoms. The summed E-state index contributed by atoms with van der Waals surface area (Å²) in [6, 6.07) is 16.1. The number of benzene rings is 2. The van der Waals surface area contributed by atoms with Gasteiger partial charge >= 0.3 is 5.97 Å². The monoisotopic (exact) mass is 405 g/mol. The molecule has 0 aliphatic carbocycles. The molecule has 8 nitrogen and oxygen atoms in total. The molecule has 3 aromatic rings. The van der Waals surface area contributed by atoms with Crippen molar-refractivity contribution in [3.8, 4) is 11.5 Å². The van der Waals surface area contributed by atoms with Crippen molar-refractivity contribution >= 4 is 17.8 Å². The van der Waals surface area contributed by atoms with Crippen molar-refractivity contribution in [2.75, 3.05) is 6.54 Å². The van der Waals surface area contributed by atoms with Crippen LogP contribution in [0.25, 0.3) is 0 Å². The summed E-state index contributed by atoms with van der Waals surface area (Å²) < 4.78 is 5.75. The van der Waals surface area contributed by atoms with Gasteiger partial charge in [0, 0.05) is 24.4 Å². The summed E-state index contributed by atoms with van der Waals surface area (Å²) in [5.74, 6) is -0.946. The smallest absolute Gasteiger partial charge is 0.335 e. The average molecular weight is 405 g/mol. The molecular formula is C22H19N3O5. The third kappa shape index (κ3) is 5.41. The van der Waals surface area contributed by atoms with E-state index in [4.69, 9.17) is 15.6 Å². The van der Waals surface area contributed by atoms with Crippen molar-refractivity contribution in [3.05, 3.63) is 89.2 Å². The number of carbonyl (C=O) groups excluding carboxylic acids is 2. The maximum atomic E-state index is 12.2. The quantitative estimate of drug-likeness (QED) is 0.528. The molecule has 0 radical (unpaired) electrons. The van der Waals surface area contributed by atoms with E-state index >= 15 is 0 Å². The van der Waals surface area contributed by atoms with E-state index < -0.39 is 11.9 Å². The Morgan fingerprint density at radius 3 is 2.37 bits per heavy atom. The van der Waals surface area contributed by atoms with E-state index in [1.807, 2.05) is 18.2 Å². The number of pyridine rings is 1. The van der Waals surface area contributed by atoms with Crippen molar-refractivity contribution in [2.45, 2.75) is 6.42 Å². The second-order valence-electron chi connectivity index (χ2n) is 6.38. The number of hydrogen-bond donors (Lipinski definition) is 3. The molecule has 0 saturated heterocycles. The molecule has 2 amide bonds. The lowest BCUT2D eigenvalue weighted by molar-refractivity contribution is 0.0696. The van der Waals surface area contributed by atoms with Gasteiger partial charge < -0.3 is 20.9 Å². The van der Waals surface area contributed by atoms with Crippen molar-refractivity contribution in [1.29, 1.82) is 0 Å². The fourth-order valence-corrected chi connectivity index (χ4v) is 2.70. The second kappa shape index (κ2) is 9.33. The van der Waals surface area contributed by atoms with Gasteiger partial charge in [0.25, 0.3) is 11.8 Å². The summed E-state index contributed by atoms with van der Waals surface area (Å²) in [6.07, 6.45) is 2.01. The number of carboxylic acid groups (broad SMARTS) is 1. The van der Waals surface area contributed by atoms with Crippen LogP contribution in [0.1, 0.15) is 36.8 Å². The highest BCUT2D eigenvalue weighted by Gasteiger charge is 2.08. The summed E-state index contributed by atoms with van der Waals surface area (Å²) in [6.45, 7) is 0.393. The molecule has 0 aliphatic heterocycles. The zero-order chi connectivity index (χ0) is 21.5. The SMILES string of the molecule is NC(=O)c1cc(Oc2cccc(CCNC(=O)c3ccc(C(=O)O)cc3)c2)ccn1. The molecule has 4 N–H and O–H groups in total. The number of nitrogens with zero attached hydrogens (tertiary/aromatic N) is 1. The molecule has 0 atom stereocenters. The topological polar surface area (TPSA) is 132 Å². The summed E-state index contributed by atoms with van der Waals surface area (Å²) in [7, 11) is 0. The van der Waals surface area contributed by atoms with Crippen LogP contribution >= 0.6 is 0 Å². The van der Waals surface area contributed by atoms with Gasteiger partial charge in [-0.2, -0.15) is 0 Å². The van der Waals surface area contributed by atoms with Crippen molar-refractivity contribution in [1.82, 2.24) is 10.3 Å². The molecule has 0 unspecified atom stereocenters. The summed E-state index contributed by atoms with van der Waals surface area (Å²) in [5, 5.41) is 11.7. The lowest BCUT2D eigenvalue weighted by atomic mass is 10.1. The Kier molecular flexibility index (Phi) is 6.39. The number of primary amides is 1. The van der Waals surface area contributed by atoms with Gasteiger partial charge in [0.1, 0.15) is 17.2 Å². The number of nitrogens with two attached hydrogens (primary N) is 1. The van der Waals surface area contributed by atoms with Crippen molar-refractivity contribution in [3.63, 3.8) is 0 Å². The molecule has 1 aromatic heterocycles. The van der Waals surface area contributed by atoms with Gasteiger partial charge in [-0.15, -0.1) is 0 Å². The van der Waals surface area contributed by atoms with Crippen LogP contribution in [0.3, 0.4) is 0 Å². The highest BCUT2D eigenvalue weighted by atomic mass is 16.5. The number of hydrogen-bond acceptors (Lipinski definition) is 5. The third-order valence-corrected chi connectivity index (χ3v) is 4.21. The van der Waals surface area contributed by atoms with E-state index in [-0.39, 0.29) is 17.2 Å². The maximum absolute atomic E-state index is 12.2. The molecule has 2 aromatic carbocycles. The number of ether oxygens (including phenoxy) is 1. The number of aromatic nitrogens is 1. The minimum absolute atomic E-state index is 0.114. The standard InChI is InChI=1S/C22H19N3O5/c23-20(26)19-13-18(9-11-24-19)30-17-3-1-2-14(12-17)8-10-25-21(27)15-4-6-16(7-5-15)22(28)29/h1-7,9,11-13H,8,10H2,(H2,23,26)(H,25,27)(H,28,29). The minimum atomic E-state index is -1.04. The van der Waals surface area contributed by atoms with Crippen molar-refractivity contribution < 1.29 is 24.2 Å². The number of rotatable bonds is 8. The molecule has 0 bridgehead atoms. The van der Waals surface area contributed by atoms with E-state index in [2.05, 4.69) is 10.3 Å². The van der Waals surface area contributed by atoms with E-state index in [9.17, 15) is 14.4 Å². The molecule has 152 valence electrons. The lowest BCUT2D eigenvalue weighted by Crippen LogP contribution is -2.25. The first-order chi connectivity index (χ1) is 14.4. The number of nitrogens with one attached hydrogen (secondary N) is 1. The Bertz CT molecular complexity index is 1080. The van der Waals surface area contributed by atoms with Crippen molar-refractivity contribution in [2.24, 2.45) is 5.73 Å². The predicted octanol–water partition coefficient (Wildman–Crippen LogP) is 2.64. The molecule has 30 heavy (non-hydrogen) atoms. The fraction of sp³-hybridized carbons (Fsp3) is 0.0909. The highest BCUT2D eigenvalue weighted by Crippen LogP contribution is 2.22. The minimum Gasteiger partial charge on any atom is -0.478 e. The molecule has 0 saturated carbocycles. The van der Waals surface area contributed by atoms with E-state index in [0.717, 1.165) is 5.56 Å². The first-order valence-corrected chi connectivity index (χ1v) is 9.06. The van der Waals surface area contributed by atoms with Crippen LogP contribution in [0, 0.1) is 0 Å². The Morgan fingerprint density at radius 2 is 1.67 bits per heavy atom. The lowest BCUT2D eigenvalue weighted by Gasteiger charge is -2.09. The summed E-state index contributed by atoms with van der Waals surface area (Å²) >= 11 is 0. The Balaban J connectivity index is 1.56. The number of aromatic carboxylic acids is 1. The number of carboxylic acids is 1. The Labute approximate surface area is 172 Å². The molecule has 0 fully saturated rings. The number of carbonyl (C=O) groups is 3. The van der Waals surface area contributed by atoms with Crippen LogP contribution in [0.15, 0.2) is 66.9 Å².